The zero-order chi connectivity index (χ0) is 23.8. The third-order valence-electron chi connectivity index (χ3n) is 5.23. The van der Waals surface area contributed by atoms with Crippen molar-refractivity contribution in [3.05, 3.63) is 40.3 Å². The van der Waals surface area contributed by atoms with Gasteiger partial charge in [-0.1, -0.05) is 19.8 Å². The Balaban J connectivity index is 1.40. The van der Waals surface area contributed by atoms with Gasteiger partial charge in [0.05, 0.1) is 6.54 Å². The Labute approximate surface area is 193 Å². The van der Waals surface area contributed by atoms with Gasteiger partial charge in [0, 0.05) is 18.5 Å². The van der Waals surface area contributed by atoms with E-state index in [9.17, 15) is 22.8 Å². The molecule has 0 radical (unpaired) electrons. The molecule has 1 aromatic carbocycles. The Hall–Kier alpha value is -2.82. The van der Waals surface area contributed by atoms with E-state index in [1.54, 1.807) is 5.38 Å². The van der Waals surface area contributed by atoms with Crippen LogP contribution in [-0.4, -0.2) is 47.8 Å². The van der Waals surface area contributed by atoms with Crippen LogP contribution in [0.15, 0.2) is 29.6 Å². The number of carbonyl (C=O) groups excluding carboxylic acids is 2. The molecule has 180 valence electrons. The molecule has 1 saturated heterocycles. The fraction of sp³-hybridized carbons (Fsp3) is 0.500. The molecule has 1 N–H and O–H groups in total. The Morgan fingerprint density at radius 3 is 2.48 bits per heavy atom. The number of ether oxygens (including phenoxy) is 2. The van der Waals surface area contributed by atoms with Gasteiger partial charge in [0.15, 0.2) is 6.61 Å². The summed E-state index contributed by atoms with van der Waals surface area (Å²) in [5.41, 5.74) is 0.385. The van der Waals surface area contributed by atoms with E-state index >= 15 is 0 Å². The number of benzene rings is 1. The van der Waals surface area contributed by atoms with Gasteiger partial charge in [-0.05, 0) is 43.0 Å². The lowest BCUT2D eigenvalue weighted by Crippen LogP contribution is -2.38. The molecule has 2 heterocycles. The molecule has 0 bridgehead atoms. The number of amides is 2. The van der Waals surface area contributed by atoms with Gasteiger partial charge in [0.1, 0.15) is 22.2 Å². The van der Waals surface area contributed by atoms with E-state index in [0.717, 1.165) is 44.5 Å². The molecular formula is C22H26F3N3O4S. The van der Waals surface area contributed by atoms with Crippen molar-refractivity contribution in [3.63, 3.8) is 0 Å². The molecule has 2 aromatic rings. The summed E-state index contributed by atoms with van der Waals surface area (Å²) in [5, 5.41) is 4.94. The highest BCUT2D eigenvalue weighted by molar-refractivity contribution is 7.09. The fourth-order valence-corrected chi connectivity index (χ4v) is 4.30. The summed E-state index contributed by atoms with van der Waals surface area (Å²) in [4.78, 5) is 30.8. The van der Waals surface area contributed by atoms with Crippen LogP contribution in [0.25, 0.3) is 0 Å². The molecule has 0 atom stereocenters. The number of aromatic nitrogens is 1. The topological polar surface area (TPSA) is 80.8 Å². The van der Waals surface area contributed by atoms with Crippen LogP contribution in [0.4, 0.5) is 13.2 Å². The maximum Gasteiger partial charge on any atom is 0.573 e. The molecule has 0 aliphatic carbocycles. The predicted molar refractivity (Wildman–Crippen MR) is 116 cm³/mol. The SMILES string of the molecule is CCCC1CCN(C(=O)c2csc(CNC(=O)COc3ccc(OC(F)(F)F)cc3)n2)CC1. The van der Waals surface area contributed by atoms with Crippen LogP contribution in [0, 0.1) is 5.92 Å². The van der Waals surface area contributed by atoms with E-state index in [-0.39, 0.29) is 30.6 Å². The number of hydrogen-bond donors (Lipinski definition) is 1. The van der Waals surface area contributed by atoms with Crippen molar-refractivity contribution < 1.29 is 32.2 Å². The molecular weight excluding hydrogens is 459 g/mol. The molecule has 11 heteroatoms. The fourth-order valence-electron chi connectivity index (χ4n) is 3.60. The van der Waals surface area contributed by atoms with E-state index in [4.69, 9.17) is 4.74 Å². The van der Waals surface area contributed by atoms with E-state index < -0.39 is 12.3 Å². The Morgan fingerprint density at radius 1 is 1.18 bits per heavy atom. The first kappa shape index (κ1) is 24.8. The van der Waals surface area contributed by atoms with E-state index in [2.05, 4.69) is 22.0 Å². The van der Waals surface area contributed by atoms with Gasteiger partial charge in [-0.2, -0.15) is 0 Å². The first-order valence-corrected chi connectivity index (χ1v) is 11.6. The third kappa shape index (κ3) is 7.92. The van der Waals surface area contributed by atoms with Crippen LogP contribution in [-0.2, 0) is 11.3 Å². The van der Waals surface area contributed by atoms with Crippen molar-refractivity contribution in [2.75, 3.05) is 19.7 Å². The first-order chi connectivity index (χ1) is 15.7. The zero-order valence-electron chi connectivity index (χ0n) is 18.2. The highest BCUT2D eigenvalue weighted by Gasteiger charge is 2.31. The highest BCUT2D eigenvalue weighted by Crippen LogP contribution is 2.25. The lowest BCUT2D eigenvalue weighted by Gasteiger charge is -2.31. The number of carbonyl (C=O) groups is 2. The van der Waals surface area contributed by atoms with Gasteiger partial charge in [0.25, 0.3) is 11.8 Å². The summed E-state index contributed by atoms with van der Waals surface area (Å²) < 4.78 is 45.5. The van der Waals surface area contributed by atoms with Crippen molar-refractivity contribution in [2.45, 2.75) is 45.5 Å². The minimum absolute atomic E-state index is 0.0833. The second kappa shape index (κ2) is 11.4. The third-order valence-corrected chi connectivity index (χ3v) is 6.08. The second-order valence-corrected chi connectivity index (χ2v) is 8.68. The number of halogens is 3. The van der Waals surface area contributed by atoms with Crippen molar-refractivity contribution >= 4 is 23.2 Å². The van der Waals surface area contributed by atoms with E-state index in [1.807, 2.05) is 4.90 Å². The van der Waals surface area contributed by atoms with Gasteiger partial charge in [-0.25, -0.2) is 4.98 Å². The smallest absolute Gasteiger partial charge is 0.484 e. The maximum atomic E-state index is 12.7. The summed E-state index contributed by atoms with van der Waals surface area (Å²) >= 11 is 1.29. The number of thiazole rings is 1. The van der Waals surface area contributed by atoms with Crippen molar-refractivity contribution in [1.29, 1.82) is 0 Å². The van der Waals surface area contributed by atoms with Gasteiger partial charge in [0.2, 0.25) is 0 Å². The van der Waals surface area contributed by atoms with E-state index in [0.29, 0.717) is 16.6 Å². The number of rotatable bonds is 9. The average molecular weight is 486 g/mol. The van der Waals surface area contributed by atoms with Crippen LogP contribution >= 0.6 is 11.3 Å². The minimum atomic E-state index is -4.77. The molecule has 3 rings (SSSR count). The predicted octanol–water partition coefficient (Wildman–Crippen LogP) is 4.39. The standard InChI is InChI=1S/C22H26F3N3O4S/c1-2-3-15-8-10-28(11-9-15)21(30)18-14-33-20(27-18)12-26-19(29)13-31-16-4-6-17(7-5-16)32-22(23,24)25/h4-7,14-15H,2-3,8-13H2,1H3,(H,26,29). The largest absolute Gasteiger partial charge is 0.573 e. The first-order valence-electron chi connectivity index (χ1n) is 10.7. The lowest BCUT2D eigenvalue weighted by atomic mass is 9.92. The number of nitrogens with one attached hydrogen (secondary N) is 1. The molecule has 1 aliphatic rings. The number of nitrogens with zero attached hydrogens (tertiary/aromatic N) is 2. The van der Waals surface area contributed by atoms with Gasteiger partial charge in [-0.3, -0.25) is 9.59 Å². The Morgan fingerprint density at radius 2 is 1.85 bits per heavy atom. The maximum absolute atomic E-state index is 12.7. The normalized spacial score (nSPS) is 14.7. The van der Waals surface area contributed by atoms with Gasteiger partial charge >= 0.3 is 6.36 Å². The Bertz CT molecular complexity index is 926. The van der Waals surface area contributed by atoms with Crippen molar-refractivity contribution in [3.8, 4) is 11.5 Å². The zero-order valence-corrected chi connectivity index (χ0v) is 19.0. The van der Waals surface area contributed by atoms with Crippen molar-refractivity contribution in [1.82, 2.24) is 15.2 Å². The Kier molecular flexibility index (Phi) is 8.54. The van der Waals surface area contributed by atoms with Crippen LogP contribution in [0.5, 0.6) is 11.5 Å². The number of hydrogen-bond acceptors (Lipinski definition) is 6. The highest BCUT2D eigenvalue weighted by atomic mass is 32.1. The molecule has 1 aromatic heterocycles. The summed E-state index contributed by atoms with van der Waals surface area (Å²) in [6.07, 6.45) is -0.373. The van der Waals surface area contributed by atoms with Crippen LogP contribution in [0.2, 0.25) is 0 Å². The number of alkyl halides is 3. The molecule has 1 aliphatic heterocycles. The minimum Gasteiger partial charge on any atom is -0.484 e. The molecule has 0 unspecified atom stereocenters. The average Bonchev–Trinajstić information content (AvgIpc) is 3.25. The lowest BCUT2D eigenvalue weighted by molar-refractivity contribution is -0.274. The summed E-state index contributed by atoms with van der Waals surface area (Å²) in [6.45, 7) is 3.50. The molecule has 0 saturated carbocycles. The second-order valence-electron chi connectivity index (χ2n) is 7.74. The van der Waals surface area contributed by atoms with Crippen LogP contribution < -0.4 is 14.8 Å². The monoisotopic (exact) mass is 485 g/mol. The van der Waals surface area contributed by atoms with Crippen LogP contribution in [0.3, 0.4) is 0 Å². The molecule has 33 heavy (non-hydrogen) atoms. The summed E-state index contributed by atoms with van der Waals surface area (Å²) in [5.74, 6) is 0.0312. The quantitative estimate of drug-likeness (QED) is 0.570. The molecule has 1 fully saturated rings. The number of likely N-dealkylation sites (tertiary alicyclic amines) is 1. The van der Waals surface area contributed by atoms with Gasteiger partial charge in [-0.15, -0.1) is 24.5 Å². The van der Waals surface area contributed by atoms with Gasteiger partial charge < -0.3 is 19.7 Å². The molecule has 0 spiro atoms. The molecule has 2 amide bonds. The summed E-state index contributed by atoms with van der Waals surface area (Å²) in [6, 6.07) is 4.75. The van der Waals surface area contributed by atoms with Crippen LogP contribution in [0.1, 0.15) is 48.1 Å². The summed E-state index contributed by atoms with van der Waals surface area (Å²) in [7, 11) is 0. The molecule has 7 nitrogen and oxygen atoms in total. The van der Waals surface area contributed by atoms with E-state index in [1.165, 1.54) is 29.9 Å². The number of piperidine rings is 1. The van der Waals surface area contributed by atoms with Crippen molar-refractivity contribution in [2.24, 2.45) is 5.92 Å².